The number of rotatable bonds is 24. The summed E-state index contributed by atoms with van der Waals surface area (Å²) >= 11 is 0. The minimum atomic E-state index is -5.24. The summed E-state index contributed by atoms with van der Waals surface area (Å²) in [5.41, 5.74) is -0.695. The highest BCUT2D eigenvalue weighted by atomic mass is 32.2. The first-order valence-electron chi connectivity index (χ1n) is 27.6. The average molecular weight is 1460 g/mol. The smallest absolute Gasteiger partial charge is 0.355 e. The fourth-order valence-electron chi connectivity index (χ4n) is 9.44. The molecule has 1 saturated heterocycles. The SMILES string of the molecule is COc1cc(N=Nc2ccc3ccc(N=NC4C(=O)NN(c5ccc(S(=O)(=O)O)cc5)C4=O)cc3c2O)c(O)cc1S(=O)(=O)CCOCCS(=O)(=O)c1cc(O)c(N=Nc2c(S(=O)(=O)O)cc3ccc(N=NC4C(=O)N(c5ccc(S(=O)(=O)O)cc5)N=C4C(=O)O)cc3c2O)cc1OC. The highest BCUT2D eigenvalue weighted by Gasteiger charge is 2.42. The van der Waals surface area contributed by atoms with Crippen molar-refractivity contribution in [2.45, 2.75) is 36.6 Å². The number of nitrogens with one attached hydrogen (secondary N) is 1. The van der Waals surface area contributed by atoms with Gasteiger partial charge < -0.3 is 39.7 Å². The lowest BCUT2D eigenvalue weighted by Crippen LogP contribution is -2.35. The lowest BCUT2D eigenvalue weighted by atomic mass is 10.1. The largest absolute Gasteiger partial charge is 0.506 e. The third-order valence-corrected chi connectivity index (χ3v) is 20.4. The van der Waals surface area contributed by atoms with Crippen LogP contribution in [-0.2, 0) is 73.9 Å². The van der Waals surface area contributed by atoms with E-state index in [-0.39, 0.29) is 56.0 Å². The number of phenolic OH excluding ortho intramolecular Hbond substituents is 4. The summed E-state index contributed by atoms with van der Waals surface area (Å²) in [5, 5.41) is 91.0. The zero-order chi connectivity index (χ0) is 71.8. The summed E-state index contributed by atoms with van der Waals surface area (Å²) in [4.78, 5) is 48.1. The Morgan fingerprint density at radius 1 is 0.515 bits per heavy atom. The maximum Gasteiger partial charge on any atom is 0.355 e. The van der Waals surface area contributed by atoms with Gasteiger partial charge in [0.25, 0.3) is 48.1 Å². The molecular weight excluding hydrogens is 1410 g/mol. The van der Waals surface area contributed by atoms with Crippen molar-refractivity contribution in [1.82, 2.24) is 5.43 Å². The zero-order valence-corrected chi connectivity index (χ0v) is 54.2. The Labute approximate surface area is 557 Å². The van der Waals surface area contributed by atoms with Gasteiger partial charge in [-0.1, -0.05) is 18.2 Å². The predicted octanol–water partition coefficient (Wildman–Crippen LogP) is 7.14. The first-order chi connectivity index (χ1) is 46.6. The summed E-state index contributed by atoms with van der Waals surface area (Å²) in [6.07, 6.45) is 0. The van der Waals surface area contributed by atoms with E-state index in [9.17, 15) is 100 Å². The molecule has 0 bridgehead atoms. The molecule has 514 valence electrons. The number of carbonyl (C=O) groups excluding carboxylic acids is 3. The number of ether oxygens (including phenoxy) is 3. The van der Waals surface area contributed by atoms with E-state index < -0.39 is 181 Å². The lowest BCUT2D eigenvalue weighted by molar-refractivity contribution is -0.130. The minimum absolute atomic E-state index is 0.0526. The predicted molar refractivity (Wildman–Crippen MR) is 341 cm³/mol. The Hall–Kier alpha value is -11.4. The number of anilines is 2. The number of hydrogen-bond acceptors (Lipinski definition) is 30. The van der Waals surface area contributed by atoms with Crippen LogP contribution in [-0.4, -0.2) is 162 Å². The van der Waals surface area contributed by atoms with Gasteiger partial charge in [0.15, 0.2) is 36.9 Å². The van der Waals surface area contributed by atoms with Crippen LogP contribution in [0.5, 0.6) is 34.5 Å². The van der Waals surface area contributed by atoms with Gasteiger partial charge in [0, 0.05) is 35.0 Å². The normalized spacial score (nSPS) is 15.8. The van der Waals surface area contributed by atoms with Gasteiger partial charge in [-0.15, -0.1) is 20.5 Å². The number of carboxylic acid groups (broad SMARTS) is 1. The molecular formula is C57H46N12O25S5. The third-order valence-electron chi connectivity index (χ3n) is 14.4. The van der Waals surface area contributed by atoms with Gasteiger partial charge in [-0.25, -0.2) is 26.6 Å². The van der Waals surface area contributed by atoms with Crippen molar-refractivity contribution < 1.29 is 115 Å². The maximum absolute atomic E-state index is 13.6. The molecule has 8 aromatic rings. The van der Waals surface area contributed by atoms with Crippen molar-refractivity contribution in [2.24, 2.45) is 46.0 Å². The van der Waals surface area contributed by atoms with Crippen molar-refractivity contribution in [2.75, 3.05) is 49.0 Å². The number of amides is 3. The Kier molecular flexibility index (Phi) is 19.4. The summed E-state index contributed by atoms with van der Waals surface area (Å²) in [7, 11) is -21.1. The molecule has 0 aliphatic carbocycles. The van der Waals surface area contributed by atoms with Crippen LogP contribution in [0.3, 0.4) is 0 Å². The molecule has 10 rings (SSSR count). The second kappa shape index (κ2) is 27.3. The number of hydrogen-bond donors (Lipinski definition) is 9. The van der Waals surface area contributed by atoms with Crippen molar-refractivity contribution in [3.05, 3.63) is 127 Å². The van der Waals surface area contributed by atoms with Crippen molar-refractivity contribution in [3.63, 3.8) is 0 Å². The van der Waals surface area contributed by atoms with Crippen LogP contribution in [0.15, 0.2) is 198 Å². The van der Waals surface area contributed by atoms with Crippen molar-refractivity contribution in [1.29, 1.82) is 0 Å². The highest BCUT2D eigenvalue weighted by molar-refractivity contribution is 7.92. The van der Waals surface area contributed by atoms with E-state index in [1.807, 2.05) is 0 Å². The number of nitrogens with zero attached hydrogens (tertiary/aromatic N) is 11. The maximum atomic E-state index is 13.6. The first kappa shape index (κ1) is 70.4. The van der Waals surface area contributed by atoms with Gasteiger partial charge in [0.2, 0.25) is 12.1 Å². The second-order valence-corrected chi connectivity index (χ2v) is 29.1. The number of aliphatic carboxylic acids is 1. The third kappa shape index (κ3) is 15.0. The number of fused-ring (bicyclic) bond motifs is 2. The van der Waals surface area contributed by atoms with Crippen LogP contribution < -0.4 is 24.9 Å². The quantitative estimate of drug-likeness (QED) is 0.0126. The number of aromatic hydroxyl groups is 4. The van der Waals surface area contributed by atoms with E-state index in [4.69, 9.17) is 14.2 Å². The molecule has 2 aliphatic rings. The Morgan fingerprint density at radius 2 is 0.990 bits per heavy atom. The Morgan fingerprint density at radius 3 is 1.49 bits per heavy atom. The molecule has 2 unspecified atom stereocenters. The summed E-state index contributed by atoms with van der Waals surface area (Å²) < 4.78 is 170. The molecule has 2 atom stereocenters. The van der Waals surface area contributed by atoms with E-state index >= 15 is 0 Å². The van der Waals surface area contributed by atoms with Crippen LogP contribution >= 0.6 is 0 Å². The van der Waals surface area contributed by atoms with E-state index in [0.717, 1.165) is 86.0 Å². The standard InChI is InChI=1S/C57H46N12O25S5/c1-92-43-24-39(61-60-38-16-5-28-3-6-30(22-36(28)52(38)72)59-65-51-54(74)67-69(56(51)76)33-10-14-35(15-11-33)98(86,87)88)41(70)26-45(43)95(79,80)19-17-94-18-20-96(81,82)46-27-42(71)40(25-44(46)93-2)62-63-48-47(99(89,90)91)21-29-4-7-31(23-37(29)53(48)73)58-64-49-50(57(77)78)66-68(55(49)75)32-8-12-34(13-9-32)97(83,84)85/h3-16,21-27,49,51,70-73H,17-20H2,1-2H3,(H,67,74)(H,77,78)(H,83,84,85)(H,86,87,88)(H,89,90,91). The Bertz CT molecular complexity index is 5490. The van der Waals surface area contributed by atoms with E-state index in [2.05, 4.69) is 51.4 Å². The van der Waals surface area contributed by atoms with Crippen LogP contribution in [0.1, 0.15) is 0 Å². The minimum Gasteiger partial charge on any atom is -0.506 e. The van der Waals surface area contributed by atoms with Gasteiger partial charge in [-0.05, 0) is 95.7 Å². The zero-order valence-electron chi connectivity index (χ0n) is 50.1. The van der Waals surface area contributed by atoms with Crippen LogP contribution in [0.25, 0.3) is 21.5 Å². The van der Waals surface area contributed by atoms with Gasteiger partial charge in [-0.3, -0.25) is 33.5 Å². The number of hydrazone groups is 1. The van der Waals surface area contributed by atoms with E-state index in [1.165, 1.54) is 54.6 Å². The van der Waals surface area contributed by atoms with Crippen molar-refractivity contribution in [3.8, 4) is 34.5 Å². The fourth-order valence-corrected chi connectivity index (χ4v) is 13.7. The van der Waals surface area contributed by atoms with Crippen molar-refractivity contribution >= 4 is 146 Å². The highest BCUT2D eigenvalue weighted by Crippen LogP contribution is 2.46. The van der Waals surface area contributed by atoms with Crippen LogP contribution in [0.4, 0.5) is 45.5 Å². The van der Waals surface area contributed by atoms with Gasteiger partial charge >= 0.3 is 5.97 Å². The molecule has 3 amide bonds. The lowest BCUT2D eigenvalue weighted by Gasteiger charge is -2.14. The second-order valence-electron chi connectivity index (χ2n) is 20.7. The number of phenols is 4. The number of sulfone groups is 2. The van der Waals surface area contributed by atoms with Gasteiger partial charge in [0.1, 0.15) is 60.4 Å². The first-order valence-corrected chi connectivity index (χ1v) is 35.2. The van der Waals surface area contributed by atoms with E-state index in [0.29, 0.717) is 16.5 Å². The van der Waals surface area contributed by atoms with Gasteiger partial charge in [-0.2, -0.15) is 55.8 Å². The average Bonchev–Trinajstić information content (AvgIpc) is 1.40. The number of carbonyl (C=O) groups is 4. The topological polar surface area (TPSA) is 558 Å². The fraction of sp³-hybridized carbons (Fsp3) is 0.140. The molecule has 99 heavy (non-hydrogen) atoms. The van der Waals surface area contributed by atoms with Gasteiger partial charge in [0.05, 0.1) is 71.5 Å². The molecule has 9 N–H and O–H groups in total. The number of azo groups is 4. The molecule has 0 radical (unpaired) electrons. The number of carboxylic acids is 1. The Balaban J connectivity index is 0.777. The van der Waals surface area contributed by atoms with E-state index in [1.54, 1.807) is 0 Å². The molecule has 0 aromatic heterocycles. The number of benzene rings is 8. The molecule has 0 spiro atoms. The molecule has 37 nitrogen and oxygen atoms in total. The molecule has 42 heteroatoms. The number of methoxy groups -OCH3 is 2. The molecule has 2 heterocycles. The van der Waals surface area contributed by atoms with Crippen LogP contribution in [0.2, 0.25) is 0 Å². The molecule has 2 aliphatic heterocycles. The summed E-state index contributed by atoms with van der Waals surface area (Å²) in [6.45, 7) is -1.26. The van der Waals surface area contributed by atoms with Crippen LogP contribution in [0, 0.1) is 0 Å². The monoisotopic (exact) mass is 1460 g/mol. The summed E-state index contributed by atoms with van der Waals surface area (Å²) in [5.74, 6) is -9.97. The molecule has 0 saturated carbocycles. The molecule has 1 fully saturated rings. The molecule has 8 aromatic carbocycles. The number of hydrazine groups is 1. The summed E-state index contributed by atoms with van der Waals surface area (Å²) in [6, 6.07) is 19.7.